The van der Waals surface area contributed by atoms with Crippen LogP contribution in [0.15, 0.2) is 52.4 Å². The van der Waals surface area contributed by atoms with Gasteiger partial charge in [-0.25, -0.2) is 14.3 Å². The molecule has 3 aromatic heterocycles. The summed E-state index contributed by atoms with van der Waals surface area (Å²) < 4.78 is 5.52. The van der Waals surface area contributed by atoms with Crippen LogP contribution in [0.3, 0.4) is 0 Å². The summed E-state index contributed by atoms with van der Waals surface area (Å²) in [6.07, 6.45) is 6.51. The minimum absolute atomic E-state index is 0.281. The van der Waals surface area contributed by atoms with E-state index in [-0.39, 0.29) is 6.03 Å². The smallest absolute Gasteiger partial charge is 0.329 e. The number of aliphatic hydroxyl groups is 1. The van der Waals surface area contributed by atoms with Crippen molar-refractivity contribution in [2.75, 3.05) is 5.32 Å². The first-order valence-electron chi connectivity index (χ1n) is 10.4. The van der Waals surface area contributed by atoms with Crippen LogP contribution < -0.4 is 10.0 Å². The molecule has 164 valence electrons. The monoisotopic (exact) mass is 465 g/mol. The number of rotatable bonds is 5. The van der Waals surface area contributed by atoms with Crippen LogP contribution in [0.1, 0.15) is 37.0 Å². The molecule has 7 nitrogen and oxygen atoms in total. The topological polar surface area (TPSA) is 91.5 Å². The summed E-state index contributed by atoms with van der Waals surface area (Å²) in [6, 6.07) is 9.77. The van der Waals surface area contributed by atoms with Crippen molar-refractivity contribution >= 4 is 40.7 Å². The lowest BCUT2D eigenvalue weighted by atomic mass is 9.98. The van der Waals surface area contributed by atoms with Crippen LogP contribution in [0.25, 0.3) is 16.8 Å². The molecule has 1 aromatic carbocycles. The van der Waals surface area contributed by atoms with Gasteiger partial charge in [0.15, 0.2) is 5.65 Å². The molecule has 5 rings (SSSR count). The van der Waals surface area contributed by atoms with Crippen molar-refractivity contribution in [1.82, 2.24) is 19.3 Å². The van der Waals surface area contributed by atoms with Crippen LogP contribution in [0.5, 0.6) is 0 Å². The Morgan fingerprint density at radius 2 is 2.12 bits per heavy atom. The Balaban J connectivity index is 1.39. The van der Waals surface area contributed by atoms with Crippen LogP contribution >= 0.6 is 23.3 Å². The van der Waals surface area contributed by atoms with E-state index in [0.29, 0.717) is 0 Å². The summed E-state index contributed by atoms with van der Waals surface area (Å²) >= 11 is 2.74. The van der Waals surface area contributed by atoms with Crippen LogP contribution in [0.2, 0.25) is 0 Å². The number of aromatic nitrogens is 3. The second-order valence-electron chi connectivity index (χ2n) is 8.33. The third-order valence-electron chi connectivity index (χ3n) is 5.63. The Labute approximate surface area is 194 Å². The molecule has 2 amide bonds. The number of carbonyl (C=O) groups excluding carboxylic acids is 1. The number of hydrogen-bond donors (Lipinski definition) is 3. The van der Waals surface area contributed by atoms with Crippen molar-refractivity contribution in [3.63, 3.8) is 0 Å². The number of amides is 2. The van der Waals surface area contributed by atoms with Gasteiger partial charge in [0.25, 0.3) is 0 Å². The Bertz CT molecular complexity index is 1310. The zero-order valence-electron chi connectivity index (χ0n) is 17.8. The second kappa shape index (κ2) is 8.23. The molecule has 0 unspecified atom stereocenters. The Kier molecular flexibility index (Phi) is 5.40. The number of aryl methyl sites for hydroxylation is 1. The summed E-state index contributed by atoms with van der Waals surface area (Å²) in [7, 11) is 0. The molecule has 1 aliphatic rings. The molecule has 0 bridgehead atoms. The van der Waals surface area contributed by atoms with Crippen molar-refractivity contribution in [3.8, 4) is 11.1 Å². The number of nitrogens with one attached hydrogen (secondary N) is 2. The molecule has 4 aromatic rings. The van der Waals surface area contributed by atoms with Gasteiger partial charge >= 0.3 is 6.03 Å². The summed E-state index contributed by atoms with van der Waals surface area (Å²) in [4.78, 5) is 17.0. The number of urea groups is 1. The molecule has 3 heterocycles. The minimum atomic E-state index is -0.901. The summed E-state index contributed by atoms with van der Waals surface area (Å²) in [6.45, 7) is 3.50. The highest BCUT2D eigenvalue weighted by Crippen LogP contribution is 2.38. The van der Waals surface area contributed by atoms with Crippen molar-refractivity contribution < 1.29 is 9.90 Å². The van der Waals surface area contributed by atoms with Crippen molar-refractivity contribution in [3.05, 3.63) is 64.9 Å². The van der Waals surface area contributed by atoms with E-state index < -0.39 is 5.60 Å². The molecule has 32 heavy (non-hydrogen) atoms. The van der Waals surface area contributed by atoms with E-state index in [1.807, 2.05) is 29.8 Å². The molecule has 9 heteroatoms. The molecule has 3 N–H and O–H groups in total. The highest BCUT2D eigenvalue weighted by atomic mass is 32.2. The fourth-order valence-corrected chi connectivity index (χ4v) is 5.64. The molecule has 0 saturated heterocycles. The number of hydrogen-bond acceptors (Lipinski definition) is 6. The number of thiophene rings is 1. The third-order valence-corrected chi connectivity index (χ3v) is 7.50. The lowest BCUT2D eigenvalue weighted by molar-refractivity contribution is 0.0789. The Morgan fingerprint density at radius 3 is 2.94 bits per heavy atom. The highest BCUT2D eigenvalue weighted by molar-refractivity contribution is 7.99. The zero-order chi connectivity index (χ0) is 22.3. The van der Waals surface area contributed by atoms with Gasteiger partial charge in [-0.2, -0.15) is 5.10 Å². The lowest BCUT2D eigenvalue weighted by Gasteiger charge is -2.16. The van der Waals surface area contributed by atoms with Crippen molar-refractivity contribution in [2.24, 2.45) is 0 Å². The fourth-order valence-electron chi connectivity index (χ4n) is 3.95. The van der Waals surface area contributed by atoms with Gasteiger partial charge in [-0.05, 0) is 85.3 Å². The number of fused-ring (bicyclic) bond motifs is 2. The highest BCUT2D eigenvalue weighted by Gasteiger charge is 2.21. The molecular formula is C23H23N5O2S2. The van der Waals surface area contributed by atoms with E-state index in [9.17, 15) is 9.90 Å². The van der Waals surface area contributed by atoms with Gasteiger partial charge < -0.3 is 10.4 Å². The van der Waals surface area contributed by atoms with Crippen molar-refractivity contribution in [2.45, 2.75) is 42.9 Å². The average Bonchev–Trinajstić information content (AvgIpc) is 3.51. The fraction of sp³-hybridized carbons (Fsp3) is 0.261. The maximum absolute atomic E-state index is 12.8. The molecule has 0 radical (unpaired) electrons. The predicted octanol–water partition coefficient (Wildman–Crippen LogP) is 5.00. The SMILES string of the molecule is CC(C)(O)c1csc(SNC(=O)Nc2c(-c3ccc4ncnn4c3)ccc3c2CCC3)c1. The van der Waals surface area contributed by atoms with Gasteiger partial charge in [0.1, 0.15) is 6.33 Å². The summed E-state index contributed by atoms with van der Waals surface area (Å²) in [5.74, 6) is 0. The normalized spacial score (nSPS) is 13.3. The van der Waals surface area contributed by atoms with Gasteiger partial charge in [0.2, 0.25) is 0 Å². The van der Waals surface area contributed by atoms with Gasteiger partial charge in [-0.15, -0.1) is 11.3 Å². The van der Waals surface area contributed by atoms with Crippen LogP contribution in [-0.4, -0.2) is 25.7 Å². The molecule has 0 spiro atoms. The molecule has 0 atom stereocenters. The maximum Gasteiger partial charge on any atom is 0.329 e. The lowest BCUT2D eigenvalue weighted by Crippen LogP contribution is -2.23. The van der Waals surface area contributed by atoms with E-state index in [0.717, 1.165) is 51.5 Å². The van der Waals surface area contributed by atoms with Gasteiger partial charge in [0, 0.05) is 17.3 Å². The first-order valence-corrected chi connectivity index (χ1v) is 12.1. The molecule has 1 aliphatic carbocycles. The van der Waals surface area contributed by atoms with Crippen molar-refractivity contribution in [1.29, 1.82) is 0 Å². The quantitative estimate of drug-likeness (QED) is 0.361. The summed E-state index contributed by atoms with van der Waals surface area (Å²) in [5, 5.41) is 19.4. The van der Waals surface area contributed by atoms with Crippen LogP contribution in [0, 0.1) is 0 Å². The van der Waals surface area contributed by atoms with Crippen LogP contribution in [0.4, 0.5) is 10.5 Å². The molecular weight excluding hydrogens is 442 g/mol. The van der Waals surface area contributed by atoms with Crippen LogP contribution in [-0.2, 0) is 18.4 Å². The van der Waals surface area contributed by atoms with Gasteiger partial charge in [-0.1, -0.05) is 12.1 Å². The van der Waals surface area contributed by atoms with E-state index in [1.54, 1.807) is 18.4 Å². The first-order chi connectivity index (χ1) is 15.4. The minimum Gasteiger partial charge on any atom is -0.386 e. The third kappa shape index (κ3) is 4.11. The Morgan fingerprint density at radius 1 is 1.25 bits per heavy atom. The average molecular weight is 466 g/mol. The van der Waals surface area contributed by atoms with E-state index >= 15 is 0 Å². The molecule has 0 aliphatic heterocycles. The van der Waals surface area contributed by atoms with E-state index in [2.05, 4.69) is 32.3 Å². The number of nitrogens with zero attached hydrogens (tertiary/aromatic N) is 3. The zero-order valence-corrected chi connectivity index (χ0v) is 19.4. The van der Waals surface area contributed by atoms with E-state index in [1.165, 1.54) is 40.7 Å². The molecule has 0 fully saturated rings. The summed E-state index contributed by atoms with van der Waals surface area (Å²) in [5.41, 5.74) is 5.97. The van der Waals surface area contributed by atoms with E-state index in [4.69, 9.17) is 0 Å². The first kappa shape index (κ1) is 21.0. The maximum atomic E-state index is 12.8. The number of anilines is 1. The Hall–Kier alpha value is -2.88. The second-order valence-corrected chi connectivity index (χ2v) is 10.3. The largest absolute Gasteiger partial charge is 0.386 e. The number of pyridine rings is 1. The number of carbonyl (C=O) groups is 1. The molecule has 0 saturated carbocycles. The number of benzene rings is 1. The van der Waals surface area contributed by atoms with Gasteiger partial charge in [-0.3, -0.25) is 4.72 Å². The predicted molar refractivity (Wildman–Crippen MR) is 128 cm³/mol. The standard InChI is InChI=1S/C23H23N5O2S2/c1-23(2,30)16-10-20(31-12-16)32-27-22(29)26-21-17-5-3-4-14(17)6-8-18(21)15-7-9-19-24-13-25-28(19)11-15/h6-13,30H,3-5H2,1-2H3,(H2,26,27,29). The van der Waals surface area contributed by atoms with Gasteiger partial charge in [0.05, 0.1) is 15.5 Å².